The second-order valence-corrected chi connectivity index (χ2v) is 6.09. The van der Waals surface area contributed by atoms with E-state index in [0.717, 1.165) is 11.3 Å². The average molecular weight is 370 g/mol. The third-order valence-electron chi connectivity index (χ3n) is 3.70. The molecule has 2 rings (SSSR count). The van der Waals surface area contributed by atoms with Crippen molar-refractivity contribution in [3.8, 4) is 11.8 Å². The maximum absolute atomic E-state index is 12.4. The second kappa shape index (κ2) is 9.62. The van der Waals surface area contributed by atoms with Gasteiger partial charge in [-0.15, -0.1) is 6.58 Å². The van der Waals surface area contributed by atoms with Crippen molar-refractivity contribution in [3.05, 3.63) is 71.3 Å². The number of rotatable bonds is 8. The molecule has 134 valence electrons. The summed E-state index contributed by atoms with van der Waals surface area (Å²) in [5.41, 5.74) is 1.84. The Balaban J connectivity index is 2.04. The molecule has 0 aliphatic heterocycles. The van der Waals surface area contributed by atoms with Gasteiger partial charge in [0.05, 0.1) is 24.9 Å². The molecule has 1 N–H and O–H groups in total. The van der Waals surface area contributed by atoms with Crippen molar-refractivity contribution >= 4 is 23.2 Å². The minimum Gasteiger partial charge on any atom is -0.497 e. The number of anilines is 1. The van der Waals surface area contributed by atoms with Crippen molar-refractivity contribution in [2.75, 3.05) is 25.5 Å². The number of amides is 1. The fraction of sp³-hybridized carbons (Fsp3) is 0.200. The number of nitrogens with one attached hydrogen (secondary N) is 1. The van der Waals surface area contributed by atoms with Gasteiger partial charge < -0.3 is 10.1 Å². The average Bonchev–Trinajstić information content (AvgIpc) is 2.62. The van der Waals surface area contributed by atoms with E-state index < -0.39 is 0 Å². The molecular formula is C20H20ClN3O2. The molecule has 5 nitrogen and oxygen atoms in total. The molecule has 2 aromatic rings. The van der Waals surface area contributed by atoms with Crippen LogP contribution < -0.4 is 10.1 Å². The molecule has 26 heavy (non-hydrogen) atoms. The Hall–Kier alpha value is -2.81. The smallest absolute Gasteiger partial charge is 0.238 e. The normalized spacial score (nSPS) is 10.2. The van der Waals surface area contributed by atoms with E-state index in [2.05, 4.69) is 11.9 Å². The molecule has 0 saturated carbocycles. The molecule has 0 atom stereocenters. The Morgan fingerprint density at radius 1 is 1.35 bits per heavy atom. The van der Waals surface area contributed by atoms with Crippen LogP contribution in [-0.2, 0) is 11.3 Å². The minimum absolute atomic E-state index is 0.162. The van der Waals surface area contributed by atoms with Gasteiger partial charge in [0.25, 0.3) is 0 Å². The highest BCUT2D eigenvalue weighted by atomic mass is 35.5. The van der Waals surface area contributed by atoms with Crippen LogP contribution in [0.15, 0.2) is 55.1 Å². The number of nitrogens with zero attached hydrogens (tertiary/aromatic N) is 2. The fourth-order valence-electron chi connectivity index (χ4n) is 2.47. The monoisotopic (exact) mass is 369 g/mol. The van der Waals surface area contributed by atoms with Crippen molar-refractivity contribution in [2.45, 2.75) is 6.54 Å². The minimum atomic E-state index is -0.223. The fourth-order valence-corrected chi connectivity index (χ4v) is 2.64. The van der Waals surface area contributed by atoms with Crippen molar-refractivity contribution < 1.29 is 9.53 Å². The van der Waals surface area contributed by atoms with Gasteiger partial charge in [0.2, 0.25) is 5.91 Å². The van der Waals surface area contributed by atoms with Crippen LogP contribution in [0.5, 0.6) is 5.75 Å². The maximum atomic E-state index is 12.4. The van der Waals surface area contributed by atoms with Gasteiger partial charge in [-0.05, 0) is 35.9 Å². The van der Waals surface area contributed by atoms with Crippen molar-refractivity contribution in [3.63, 3.8) is 0 Å². The molecular weight excluding hydrogens is 350 g/mol. The second-order valence-electron chi connectivity index (χ2n) is 5.66. The first-order chi connectivity index (χ1) is 12.5. The number of hydrogen-bond donors (Lipinski definition) is 1. The molecule has 0 aliphatic rings. The van der Waals surface area contributed by atoms with Crippen molar-refractivity contribution in [1.82, 2.24) is 4.90 Å². The Bertz CT molecular complexity index is 813. The van der Waals surface area contributed by atoms with Gasteiger partial charge in [0.15, 0.2) is 0 Å². The van der Waals surface area contributed by atoms with Gasteiger partial charge in [-0.2, -0.15) is 5.26 Å². The lowest BCUT2D eigenvalue weighted by Gasteiger charge is -2.20. The van der Waals surface area contributed by atoms with E-state index in [0.29, 0.717) is 29.4 Å². The first kappa shape index (κ1) is 19.5. The molecule has 2 aromatic carbocycles. The number of carbonyl (C=O) groups is 1. The van der Waals surface area contributed by atoms with E-state index in [1.165, 1.54) is 0 Å². The lowest BCUT2D eigenvalue weighted by molar-refractivity contribution is -0.117. The van der Waals surface area contributed by atoms with Gasteiger partial charge in [0.1, 0.15) is 11.8 Å². The summed E-state index contributed by atoms with van der Waals surface area (Å²) in [7, 11) is 1.62. The van der Waals surface area contributed by atoms with Gasteiger partial charge in [-0.3, -0.25) is 9.69 Å². The highest BCUT2D eigenvalue weighted by Crippen LogP contribution is 2.20. The number of ether oxygens (including phenoxy) is 1. The molecule has 0 bridgehead atoms. The van der Waals surface area contributed by atoms with Crippen molar-refractivity contribution in [1.29, 1.82) is 5.26 Å². The maximum Gasteiger partial charge on any atom is 0.238 e. The summed E-state index contributed by atoms with van der Waals surface area (Å²) in [5, 5.41) is 12.4. The zero-order chi connectivity index (χ0) is 18.9. The van der Waals surface area contributed by atoms with E-state index in [-0.39, 0.29) is 12.5 Å². The Labute approximate surface area is 158 Å². The summed E-state index contributed by atoms with van der Waals surface area (Å²) < 4.78 is 5.15. The van der Waals surface area contributed by atoms with Gasteiger partial charge in [-0.1, -0.05) is 29.8 Å². The van der Waals surface area contributed by atoms with E-state index in [4.69, 9.17) is 21.6 Å². The number of carbonyl (C=O) groups excluding carboxylic acids is 1. The lowest BCUT2D eigenvalue weighted by atomic mass is 10.2. The molecule has 0 aliphatic carbocycles. The van der Waals surface area contributed by atoms with E-state index in [1.54, 1.807) is 31.4 Å². The molecule has 0 spiro atoms. The molecule has 1 amide bonds. The molecule has 6 heteroatoms. The number of halogens is 1. The topological polar surface area (TPSA) is 65.4 Å². The van der Waals surface area contributed by atoms with Crippen LogP contribution in [0.4, 0.5) is 5.69 Å². The van der Waals surface area contributed by atoms with E-state index in [9.17, 15) is 4.79 Å². The van der Waals surface area contributed by atoms with Crippen LogP contribution in [0, 0.1) is 11.3 Å². The summed E-state index contributed by atoms with van der Waals surface area (Å²) in [4.78, 5) is 14.4. The number of benzene rings is 2. The summed E-state index contributed by atoms with van der Waals surface area (Å²) >= 11 is 5.95. The van der Waals surface area contributed by atoms with Gasteiger partial charge >= 0.3 is 0 Å². The highest BCUT2D eigenvalue weighted by molar-refractivity contribution is 6.31. The first-order valence-electron chi connectivity index (χ1n) is 8.01. The predicted molar refractivity (Wildman–Crippen MR) is 103 cm³/mol. The van der Waals surface area contributed by atoms with Crippen molar-refractivity contribution in [2.24, 2.45) is 0 Å². The standard InChI is InChI=1S/C20H20ClN3O2/c1-3-10-24(13-15-4-8-18(26-2)9-5-15)14-20(25)23-19-11-17(21)7-6-16(19)12-22/h3-9,11H,1,10,13-14H2,2H3,(H,23,25). The summed E-state index contributed by atoms with van der Waals surface area (Å²) in [6.45, 7) is 5.05. The summed E-state index contributed by atoms with van der Waals surface area (Å²) in [6.07, 6.45) is 1.75. The first-order valence-corrected chi connectivity index (χ1v) is 8.39. The van der Waals surface area contributed by atoms with Crippen LogP contribution in [-0.4, -0.2) is 31.0 Å². The molecule has 0 saturated heterocycles. The number of methoxy groups -OCH3 is 1. The largest absolute Gasteiger partial charge is 0.497 e. The Morgan fingerprint density at radius 2 is 2.08 bits per heavy atom. The highest BCUT2D eigenvalue weighted by Gasteiger charge is 2.13. The van der Waals surface area contributed by atoms with Crippen LogP contribution in [0.1, 0.15) is 11.1 Å². The third kappa shape index (κ3) is 5.62. The van der Waals surface area contributed by atoms with Crippen LogP contribution >= 0.6 is 11.6 Å². The van der Waals surface area contributed by atoms with Crippen LogP contribution in [0.3, 0.4) is 0 Å². The Morgan fingerprint density at radius 3 is 2.69 bits per heavy atom. The quantitative estimate of drug-likeness (QED) is 0.718. The zero-order valence-corrected chi connectivity index (χ0v) is 15.3. The number of hydrogen-bond acceptors (Lipinski definition) is 4. The predicted octanol–water partition coefficient (Wildman–Crippen LogP) is 3.85. The van der Waals surface area contributed by atoms with E-state index in [1.807, 2.05) is 35.2 Å². The van der Waals surface area contributed by atoms with Crippen LogP contribution in [0.25, 0.3) is 0 Å². The number of nitriles is 1. The lowest BCUT2D eigenvalue weighted by Crippen LogP contribution is -2.33. The summed E-state index contributed by atoms with van der Waals surface area (Å²) in [5.74, 6) is 0.561. The van der Waals surface area contributed by atoms with Gasteiger partial charge in [-0.25, -0.2) is 0 Å². The molecule has 0 unspecified atom stereocenters. The van der Waals surface area contributed by atoms with Gasteiger partial charge in [0, 0.05) is 18.1 Å². The summed E-state index contributed by atoms with van der Waals surface area (Å²) in [6, 6.07) is 14.5. The van der Waals surface area contributed by atoms with Crippen LogP contribution in [0.2, 0.25) is 5.02 Å². The molecule has 0 fully saturated rings. The Kier molecular flexibility index (Phi) is 7.22. The molecule has 0 heterocycles. The SMILES string of the molecule is C=CCN(CC(=O)Nc1cc(Cl)ccc1C#N)Cc1ccc(OC)cc1. The van der Waals surface area contributed by atoms with E-state index >= 15 is 0 Å². The zero-order valence-electron chi connectivity index (χ0n) is 14.5. The third-order valence-corrected chi connectivity index (χ3v) is 3.93. The molecule has 0 aromatic heterocycles. The molecule has 0 radical (unpaired) electrons.